The molecule has 168 valence electrons. The number of morpholine rings is 1. The number of aromatic nitrogens is 2. The van der Waals surface area contributed by atoms with Gasteiger partial charge in [-0.15, -0.1) is 0 Å². The van der Waals surface area contributed by atoms with E-state index in [4.69, 9.17) is 9.47 Å². The fraction of sp³-hybridized carbons (Fsp3) is 0.273. The Morgan fingerprint density at radius 1 is 1.12 bits per heavy atom. The lowest BCUT2D eigenvalue weighted by atomic mass is 10.2. The van der Waals surface area contributed by atoms with Crippen molar-refractivity contribution >= 4 is 17.3 Å². The first kappa shape index (κ1) is 21.7. The molecule has 0 unspecified atom stereocenters. The van der Waals surface area contributed by atoms with Crippen molar-refractivity contribution in [3.05, 3.63) is 66.0 Å². The van der Waals surface area contributed by atoms with Crippen LogP contribution in [0, 0.1) is 0 Å². The zero-order valence-electron chi connectivity index (χ0n) is 17.2. The van der Waals surface area contributed by atoms with Crippen LogP contribution >= 0.6 is 0 Å². The van der Waals surface area contributed by atoms with Crippen LogP contribution in [0.5, 0.6) is 5.75 Å². The summed E-state index contributed by atoms with van der Waals surface area (Å²) in [7, 11) is 1.37. The first-order chi connectivity index (χ1) is 15.4. The van der Waals surface area contributed by atoms with Crippen molar-refractivity contribution in [2.24, 2.45) is 0 Å². The Morgan fingerprint density at radius 2 is 1.88 bits per heavy atom. The van der Waals surface area contributed by atoms with Gasteiger partial charge in [-0.3, -0.25) is 4.79 Å². The van der Waals surface area contributed by atoms with Gasteiger partial charge in [-0.25, -0.2) is 4.68 Å². The summed E-state index contributed by atoms with van der Waals surface area (Å²) in [6.07, 6.45) is -3.12. The number of hydrogen-bond acceptors (Lipinski definition) is 5. The number of halogens is 3. The van der Waals surface area contributed by atoms with Crippen LogP contribution < -0.4 is 15.0 Å². The molecule has 7 nitrogen and oxygen atoms in total. The molecule has 1 fully saturated rings. The van der Waals surface area contributed by atoms with Crippen LogP contribution in [0.25, 0.3) is 5.69 Å². The molecule has 1 aliphatic heterocycles. The summed E-state index contributed by atoms with van der Waals surface area (Å²) < 4.78 is 51.0. The van der Waals surface area contributed by atoms with Gasteiger partial charge in [-0.2, -0.15) is 18.3 Å². The molecular formula is C22H21F3N4O3. The highest BCUT2D eigenvalue weighted by Crippen LogP contribution is 2.31. The van der Waals surface area contributed by atoms with Gasteiger partial charge in [0.15, 0.2) is 11.4 Å². The van der Waals surface area contributed by atoms with Crippen molar-refractivity contribution in [1.29, 1.82) is 0 Å². The lowest BCUT2D eigenvalue weighted by Gasteiger charge is -2.30. The molecule has 1 N–H and O–H groups in total. The van der Waals surface area contributed by atoms with Gasteiger partial charge in [-0.1, -0.05) is 18.2 Å². The maximum atomic E-state index is 13.1. The summed E-state index contributed by atoms with van der Waals surface area (Å²) in [5, 5.41) is 7.03. The average molecular weight is 446 g/mol. The van der Waals surface area contributed by atoms with Crippen molar-refractivity contribution in [3.8, 4) is 11.4 Å². The fourth-order valence-electron chi connectivity index (χ4n) is 3.46. The number of nitrogens with zero attached hydrogens (tertiary/aromatic N) is 3. The van der Waals surface area contributed by atoms with Crippen LogP contribution in [0.1, 0.15) is 16.1 Å². The van der Waals surface area contributed by atoms with Gasteiger partial charge in [0.05, 0.1) is 49.1 Å². The van der Waals surface area contributed by atoms with E-state index < -0.39 is 17.6 Å². The molecule has 1 aliphatic rings. The number of methoxy groups -OCH3 is 1. The van der Waals surface area contributed by atoms with Crippen molar-refractivity contribution < 1.29 is 27.4 Å². The topological polar surface area (TPSA) is 68.6 Å². The molecule has 0 spiro atoms. The average Bonchev–Trinajstić information content (AvgIpc) is 3.24. The summed E-state index contributed by atoms with van der Waals surface area (Å²) >= 11 is 0. The third kappa shape index (κ3) is 4.54. The summed E-state index contributed by atoms with van der Waals surface area (Å²) in [5.41, 5.74) is 0.748. The molecule has 0 aliphatic carbocycles. The number of para-hydroxylation sites is 2. The normalized spacial score (nSPS) is 14.3. The number of rotatable bonds is 5. The molecule has 3 aromatic rings. The minimum atomic E-state index is -4.49. The van der Waals surface area contributed by atoms with Crippen molar-refractivity contribution in [2.75, 3.05) is 43.6 Å². The van der Waals surface area contributed by atoms with Crippen LogP contribution in [0.4, 0.5) is 24.5 Å². The maximum absolute atomic E-state index is 13.1. The number of nitrogens with one attached hydrogen (secondary N) is 1. The third-order valence-electron chi connectivity index (χ3n) is 5.06. The van der Waals surface area contributed by atoms with Crippen LogP contribution in [0.2, 0.25) is 0 Å². The molecule has 0 atom stereocenters. The van der Waals surface area contributed by atoms with E-state index in [1.807, 2.05) is 12.1 Å². The highest BCUT2D eigenvalue weighted by molar-refractivity contribution is 6.06. The van der Waals surface area contributed by atoms with Crippen molar-refractivity contribution in [2.45, 2.75) is 6.18 Å². The van der Waals surface area contributed by atoms with Crippen LogP contribution in [0.3, 0.4) is 0 Å². The first-order valence-electron chi connectivity index (χ1n) is 9.91. The van der Waals surface area contributed by atoms with Gasteiger partial charge in [0.1, 0.15) is 0 Å². The first-order valence-corrected chi connectivity index (χ1v) is 9.91. The quantitative estimate of drug-likeness (QED) is 0.642. The second-order valence-electron chi connectivity index (χ2n) is 7.11. The lowest BCUT2D eigenvalue weighted by molar-refractivity contribution is -0.137. The Morgan fingerprint density at radius 3 is 2.59 bits per heavy atom. The zero-order valence-corrected chi connectivity index (χ0v) is 17.2. The summed E-state index contributed by atoms with van der Waals surface area (Å²) in [6, 6.07) is 12.0. The second-order valence-corrected chi connectivity index (χ2v) is 7.11. The van der Waals surface area contributed by atoms with Gasteiger partial charge in [0.25, 0.3) is 5.91 Å². The van der Waals surface area contributed by atoms with E-state index >= 15 is 0 Å². The molecule has 0 saturated carbocycles. The lowest BCUT2D eigenvalue weighted by Crippen LogP contribution is -2.36. The standard InChI is InChI=1S/C22H21F3N4O3/c1-31-19-14-29(16-6-4-5-15(13-16)22(23,24)25)27-20(19)21(30)26-17-7-2-3-8-18(17)28-9-11-32-12-10-28/h2-8,13-14H,9-12H2,1H3,(H,26,30). The highest BCUT2D eigenvalue weighted by Gasteiger charge is 2.31. The van der Waals surface area contributed by atoms with E-state index in [9.17, 15) is 18.0 Å². The second kappa shape index (κ2) is 8.91. The van der Waals surface area contributed by atoms with Crippen LogP contribution in [-0.4, -0.2) is 49.1 Å². The summed E-state index contributed by atoms with van der Waals surface area (Å²) in [4.78, 5) is 15.1. The smallest absolute Gasteiger partial charge is 0.416 e. The number of anilines is 2. The maximum Gasteiger partial charge on any atom is 0.416 e. The Labute approximate surface area is 182 Å². The van der Waals surface area contributed by atoms with E-state index in [0.29, 0.717) is 32.0 Å². The number of carbonyl (C=O) groups excluding carboxylic acids is 1. The molecule has 4 rings (SSSR count). The molecule has 1 amide bonds. The Bertz CT molecular complexity index is 1110. The van der Waals surface area contributed by atoms with Gasteiger partial charge in [-0.05, 0) is 30.3 Å². The minimum Gasteiger partial charge on any atom is -0.493 e. The summed E-state index contributed by atoms with van der Waals surface area (Å²) in [6.45, 7) is 2.58. The molecule has 10 heteroatoms. The SMILES string of the molecule is COc1cn(-c2cccc(C(F)(F)F)c2)nc1C(=O)Nc1ccccc1N1CCOCC1. The molecule has 0 radical (unpaired) electrons. The molecular weight excluding hydrogens is 425 g/mol. The van der Waals surface area contributed by atoms with Gasteiger partial charge in [0.2, 0.25) is 0 Å². The summed E-state index contributed by atoms with van der Waals surface area (Å²) in [5.74, 6) is -0.392. The van der Waals surface area contributed by atoms with E-state index in [2.05, 4.69) is 15.3 Å². The highest BCUT2D eigenvalue weighted by atomic mass is 19.4. The number of benzene rings is 2. The predicted molar refractivity (Wildman–Crippen MR) is 113 cm³/mol. The monoisotopic (exact) mass is 446 g/mol. The van der Waals surface area contributed by atoms with Gasteiger partial charge < -0.3 is 19.7 Å². The van der Waals surface area contributed by atoms with E-state index in [1.54, 1.807) is 12.1 Å². The number of amides is 1. The molecule has 1 aromatic heterocycles. The Hall–Kier alpha value is -3.53. The molecule has 32 heavy (non-hydrogen) atoms. The third-order valence-corrected chi connectivity index (χ3v) is 5.06. The van der Waals surface area contributed by atoms with E-state index in [0.717, 1.165) is 17.8 Å². The molecule has 2 aromatic carbocycles. The van der Waals surface area contributed by atoms with E-state index in [-0.39, 0.29) is 17.1 Å². The number of ether oxygens (including phenoxy) is 2. The number of carbonyl (C=O) groups is 1. The van der Waals surface area contributed by atoms with Crippen molar-refractivity contribution in [1.82, 2.24) is 9.78 Å². The largest absolute Gasteiger partial charge is 0.493 e. The number of alkyl halides is 3. The van der Waals surface area contributed by atoms with E-state index in [1.165, 1.54) is 30.1 Å². The Balaban J connectivity index is 1.62. The van der Waals surface area contributed by atoms with Gasteiger partial charge >= 0.3 is 6.18 Å². The minimum absolute atomic E-state index is 0.0401. The zero-order chi connectivity index (χ0) is 22.7. The molecule has 2 heterocycles. The number of hydrogen-bond donors (Lipinski definition) is 1. The fourth-order valence-corrected chi connectivity index (χ4v) is 3.46. The predicted octanol–water partition coefficient (Wildman–Crippen LogP) is 3.99. The van der Waals surface area contributed by atoms with Crippen LogP contribution in [-0.2, 0) is 10.9 Å². The van der Waals surface area contributed by atoms with Crippen LogP contribution in [0.15, 0.2) is 54.7 Å². The van der Waals surface area contributed by atoms with Gasteiger partial charge in [0, 0.05) is 13.1 Å². The van der Waals surface area contributed by atoms with Crippen molar-refractivity contribution in [3.63, 3.8) is 0 Å². The molecule has 1 saturated heterocycles. The molecule has 0 bridgehead atoms. The Kier molecular flexibility index (Phi) is 6.04.